The molecule has 0 radical (unpaired) electrons. The van der Waals surface area contributed by atoms with Crippen LogP contribution in [-0.4, -0.2) is 61.7 Å². The van der Waals surface area contributed by atoms with Crippen LogP contribution >= 0.6 is 0 Å². The van der Waals surface area contributed by atoms with Crippen molar-refractivity contribution in [2.75, 3.05) is 31.5 Å². The molecule has 8 nitrogen and oxygen atoms in total. The Hall–Kier alpha value is -2.91. The predicted molar refractivity (Wildman–Crippen MR) is 141 cm³/mol. The number of benzene rings is 2. The number of carbonyl (C=O) groups excluding carboxylic acids is 2. The number of piperidine rings is 2. The molecular formula is C28H35N3O5S. The highest BCUT2D eigenvalue weighted by molar-refractivity contribution is 7.89. The van der Waals surface area contributed by atoms with Crippen molar-refractivity contribution in [2.45, 2.75) is 57.0 Å². The Morgan fingerprint density at radius 2 is 1.81 bits per heavy atom. The van der Waals surface area contributed by atoms with Crippen LogP contribution in [0.1, 0.15) is 43.7 Å². The molecule has 5 rings (SSSR count). The fourth-order valence-electron chi connectivity index (χ4n) is 5.69. The van der Waals surface area contributed by atoms with Crippen molar-refractivity contribution in [3.63, 3.8) is 0 Å². The molecule has 9 heteroatoms. The Balaban J connectivity index is 1.24. The number of carbonyl (C=O) groups is 2. The molecule has 2 saturated heterocycles. The molecule has 0 saturated carbocycles. The van der Waals surface area contributed by atoms with Gasteiger partial charge in [0.2, 0.25) is 15.9 Å². The SMILES string of the molecule is Cc1cc2c(cc1S(=O)(=O)N1CCC[C@H](C(=O)N3CCC(Cc4ccccc4)CC3)C1)O[C@@H](C)C(=O)N2. The van der Waals surface area contributed by atoms with Gasteiger partial charge in [0.05, 0.1) is 16.5 Å². The largest absolute Gasteiger partial charge is 0.479 e. The van der Waals surface area contributed by atoms with Crippen LogP contribution in [0.15, 0.2) is 47.4 Å². The Labute approximate surface area is 219 Å². The fourth-order valence-corrected chi connectivity index (χ4v) is 7.43. The van der Waals surface area contributed by atoms with E-state index < -0.39 is 16.1 Å². The maximum atomic E-state index is 13.7. The number of aryl methyl sites for hydroxylation is 1. The van der Waals surface area contributed by atoms with Crippen LogP contribution in [0.25, 0.3) is 0 Å². The highest BCUT2D eigenvalue weighted by Crippen LogP contribution is 2.36. The number of hydrogen-bond donors (Lipinski definition) is 1. The number of rotatable bonds is 5. The number of ether oxygens (including phenoxy) is 1. The summed E-state index contributed by atoms with van der Waals surface area (Å²) in [7, 11) is -3.83. The predicted octanol–water partition coefficient (Wildman–Crippen LogP) is 3.60. The van der Waals surface area contributed by atoms with Gasteiger partial charge in [-0.2, -0.15) is 4.31 Å². The minimum Gasteiger partial charge on any atom is -0.479 e. The van der Waals surface area contributed by atoms with Crippen LogP contribution < -0.4 is 10.1 Å². The summed E-state index contributed by atoms with van der Waals surface area (Å²) in [6.07, 6.45) is 3.62. The quantitative estimate of drug-likeness (QED) is 0.644. The van der Waals surface area contributed by atoms with E-state index in [4.69, 9.17) is 4.74 Å². The highest BCUT2D eigenvalue weighted by atomic mass is 32.2. The molecule has 1 N–H and O–H groups in total. The molecule has 3 aliphatic heterocycles. The summed E-state index contributed by atoms with van der Waals surface area (Å²) in [6.45, 7) is 5.36. The Bertz CT molecular complexity index is 1270. The van der Waals surface area contributed by atoms with E-state index in [9.17, 15) is 18.0 Å². The standard InChI is InChI=1S/C28H35N3O5S/c1-19-15-24-25(36-20(2)27(32)29-24)17-26(19)37(34,35)31-12-6-9-23(18-31)28(33)30-13-10-22(11-14-30)16-21-7-4-3-5-8-21/h3-5,7-8,15,17,20,22-23H,6,9-14,16,18H2,1-2H3,(H,29,32)/t20-,23-/m0/s1. The molecule has 2 atom stereocenters. The van der Waals surface area contributed by atoms with Crippen molar-refractivity contribution >= 4 is 27.5 Å². The normalized spacial score (nSPS) is 23.2. The van der Waals surface area contributed by atoms with Gasteiger partial charge < -0.3 is 15.0 Å². The first-order chi connectivity index (χ1) is 17.7. The van der Waals surface area contributed by atoms with Crippen LogP contribution in [0.5, 0.6) is 5.75 Å². The number of anilines is 1. The first-order valence-corrected chi connectivity index (χ1v) is 14.6. The van der Waals surface area contributed by atoms with Gasteiger partial charge >= 0.3 is 0 Å². The second-order valence-electron chi connectivity index (χ2n) is 10.5. The summed E-state index contributed by atoms with van der Waals surface area (Å²) in [5.74, 6) is 0.391. The van der Waals surface area contributed by atoms with Crippen LogP contribution in [0.3, 0.4) is 0 Å². The lowest BCUT2D eigenvalue weighted by molar-refractivity contribution is -0.138. The van der Waals surface area contributed by atoms with E-state index in [0.717, 1.165) is 32.4 Å². The van der Waals surface area contributed by atoms with Crippen LogP contribution in [0.4, 0.5) is 5.69 Å². The summed E-state index contributed by atoms with van der Waals surface area (Å²) in [6, 6.07) is 13.6. The molecule has 198 valence electrons. The molecule has 0 bridgehead atoms. The van der Waals surface area contributed by atoms with Crippen LogP contribution in [0, 0.1) is 18.8 Å². The summed E-state index contributed by atoms with van der Waals surface area (Å²) < 4.78 is 34.4. The zero-order valence-electron chi connectivity index (χ0n) is 21.5. The molecule has 2 aromatic rings. The minimum atomic E-state index is -3.83. The monoisotopic (exact) mass is 525 g/mol. The van der Waals surface area contributed by atoms with Gasteiger partial charge in [0.25, 0.3) is 5.91 Å². The lowest BCUT2D eigenvalue weighted by Gasteiger charge is -2.37. The number of fused-ring (bicyclic) bond motifs is 1. The van der Waals surface area contributed by atoms with Gasteiger partial charge in [-0.1, -0.05) is 30.3 Å². The van der Waals surface area contributed by atoms with Crippen LogP contribution in [0.2, 0.25) is 0 Å². The minimum absolute atomic E-state index is 0.0695. The molecule has 0 spiro atoms. The van der Waals surface area contributed by atoms with E-state index in [2.05, 4.69) is 29.6 Å². The Morgan fingerprint density at radius 1 is 1.08 bits per heavy atom. The van der Waals surface area contributed by atoms with E-state index in [1.807, 2.05) is 11.0 Å². The van der Waals surface area contributed by atoms with Gasteiger partial charge in [0.15, 0.2) is 6.10 Å². The molecule has 3 aliphatic rings. The molecule has 2 fully saturated rings. The zero-order valence-corrected chi connectivity index (χ0v) is 22.3. The second kappa shape index (κ2) is 10.5. The van der Waals surface area contributed by atoms with E-state index in [0.29, 0.717) is 42.3 Å². The van der Waals surface area contributed by atoms with E-state index in [1.54, 1.807) is 19.9 Å². The lowest BCUT2D eigenvalue weighted by atomic mass is 9.89. The van der Waals surface area contributed by atoms with E-state index in [1.165, 1.54) is 15.9 Å². The van der Waals surface area contributed by atoms with Gasteiger partial charge in [-0.3, -0.25) is 9.59 Å². The fraction of sp³-hybridized carbons (Fsp3) is 0.500. The van der Waals surface area contributed by atoms with E-state index in [-0.39, 0.29) is 29.2 Å². The van der Waals surface area contributed by atoms with Crippen molar-refractivity contribution < 1.29 is 22.7 Å². The Morgan fingerprint density at radius 3 is 2.54 bits per heavy atom. The third-order valence-electron chi connectivity index (χ3n) is 7.85. The maximum absolute atomic E-state index is 13.7. The van der Waals surface area contributed by atoms with Crippen molar-refractivity contribution in [1.82, 2.24) is 9.21 Å². The van der Waals surface area contributed by atoms with E-state index >= 15 is 0 Å². The van der Waals surface area contributed by atoms with Gasteiger partial charge in [-0.05, 0) is 69.1 Å². The van der Waals surface area contributed by atoms with Gasteiger partial charge in [-0.15, -0.1) is 0 Å². The van der Waals surface area contributed by atoms with Crippen molar-refractivity contribution in [3.05, 3.63) is 53.6 Å². The smallest absolute Gasteiger partial charge is 0.265 e. The first kappa shape index (κ1) is 25.7. The number of likely N-dealkylation sites (tertiary alicyclic amines) is 1. The van der Waals surface area contributed by atoms with Gasteiger partial charge in [0, 0.05) is 32.2 Å². The van der Waals surface area contributed by atoms with Crippen LogP contribution in [-0.2, 0) is 26.0 Å². The summed E-state index contributed by atoms with van der Waals surface area (Å²) in [5.41, 5.74) is 2.34. The summed E-state index contributed by atoms with van der Waals surface area (Å²) in [5, 5.41) is 2.76. The molecule has 0 unspecified atom stereocenters. The summed E-state index contributed by atoms with van der Waals surface area (Å²) >= 11 is 0. The number of hydrogen-bond acceptors (Lipinski definition) is 5. The third kappa shape index (κ3) is 5.38. The number of sulfonamides is 1. The average molecular weight is 526 g/mol. The zero-order chi connectivity index (χ0) is 26.2. The molecule has 3 heterocycles. The second-order valence-corrected chi connectivity index (χ2v) is 12.4. The maximum Gasteiger partial charge on any atom is 0.265 e. The van der Waals surface area contributed by atoms with Crippen molar-refractivity contribution in [2.24, 2.45) is 11.8 Å². The highest BCUT2D eigenvalue weighted by Gasteiger charge is 2.37. The number of amides is 2. The third-order valence-corrected chi connectivity index (χ3v) is 9.86. The van der Waals surface area contributed by atoms with Gasteiger partial charge in [-0.25, -0.2) is 8.42 Å². The topological polar surface area (TPSA) is 96.0 Å². The average Bonchev–Trinajstić information content (AvgIpc) is 2.90. The number of nitrogens with zero attached hydrogens (tertiary/aromatic N) is 2. The van der Waals surface area contributed by atoms with Crippen molar-refractivity contribution in [3.8, 4) is 5.75 Å². The number of nitrogens with one attached hydrogen (secondary N) is 1. The first-order valence-electron chi connectivity index (χ1n) is 13.2. The molecule has 2 amide bonds. The van der Waals surface area contributed by atoms with Gasteiger partial charge in [0.1, 0.15) is 5.75 Å². The molecule has 0 aliphatic carbocycles. The lowest BCUT2D eigenvalue weighted by Crippen LogP contribution is -2.48. The molecule has 37 heavy (non-hydrogen) atoms. The summed E-state index contributed by atoms with van der Waals surface area (Å²) in [4.78, 5) is 27.4. The Kier molecular flexibility index (Phi) is 7.27. The van der Waals surface area contributed by atoms with Crippen molar-refractivity contribution in [1.29, 1.82) is 0 Å². The molecule has 0 aromatic heterocycles. The molecule has 2 aromatic carbocycles. The molecular weight excluding hydrogens is 490 g/mol.